The summed E-state index contributed by atoms with van der Waals surface area (Å²) in [6, 6.07) is 6.06. The molecule has 0 saturated heterocycles. The molecule has 0 heterocycles. The maximum Gasteiger partial charge on any atom is 0.128 e. The van der Waals surface area contributed by atoms with E-state index in [9.17, 15) is 4.39 Å². The molecule has 0 radical (unpaired) electrons. The van der Waals surface area contributed by atoms with Gasteiger partial charge in [0.25, 0.3) is 0 Å². The fraction of sp³-hybridized carbons (Fsp3) is 0.571. The van der Waals surface area contributed by atoms with Crippen molar-refractivity contribution in [2.24, 2.45) is 11.7 Å². The van der Waals surface area contributed by atoms with E-state index in [1.54, 1.807) is 18.2 Å². The third kappa shape index (κ3) is 5.58. The van der Waals surface area contributed by atoms with Gasteiger partial charge in [-0.1, -0.05) is 32.0 Å². The van der Waals surface area contributed by atoms with Crippen molar-refractivity contribution in [2.45, 2.75) is 19.9 Å². The van der Waals surface area contributed by atoms with Crippen LogP contribution in [0.3, 0.4) is 0 Å². The van der Waals surface area contributed by atoms with Gasteiger partial charge in [0.2, 0.25) is 0 Å². The first-order valence-electron chi connectivity index (χ1n) is 6.26. The van der Waals surface area contributed by atoms with Crippen LogP contribution in [-0.2, 0) is 9.47 Å². The lowest BCUT2D eigenvalue weighted by Gasteiger charge is -2.13. The maximum atomic E-state index is 13.4. The van der Waals surface area contributed by atoms with Gasteiger partial charge >= 0.3 is 0 Å². The van der Waals surface area contributed by atoms with Crippen LogP contribution in [0.2, 0.25) is 0 Å². The molecule has 0 amide bonds. The minimum absolute atomic E-state index is 0.287. The van der Waals surface area contributed by atoms with E-state index in [0.717, 1.165) is 6.61 Å². The Balaban J connectivity index is 2.18. The molecule has 1 aromatic rings. The van der Waals surface area contributed by atoms with Gasteiger partial charge in [-0.25, -0.2) is 4.39 Å². The van der Waals surface area contributed by atoms with Crippen molar-refractivity contribution in [3.63, 3.8) is 0 Å². The van der Waals surface area contributed by atoms with Crippen molar-refractivity contribution in [1.29, 1.82) is 0 Å². The second kappa shape index (κ2) is 8.19. The van der Waals surface area contributed by atoms with Crippen LogP contribution in [0.5, 0.6) is 0 Å². The molecule has 0 spiro atoms. The van der Waals surface area contributed by atoms with E-state index in [1.165, 1.54) is 6.07 Å². The van der Waals surface area contributed by atoms with E-state index in [2.05, 4.69) is 13.8 Å². The lowest BCUT2D eigenvalue weighted by atomic mass is 10.1. The molecule has 1 rings (SSSR count). The molecule has 0 aromatic heterocycles. The first-order valence-corrected chi connectivity index (χ1v) is 6.26. The number of benzene rings is 1. The second-order valence-corrected chi connectivity index (χ2v) is 4.67. The highest BCUT2D eigenvalue weighted by Crippen LogP contribution is 2.14. The van der Waals surface area contributed by atoms with Crippen LogP contribution in [0.15, 0.2) is 24.3 Å². The van der Waals surface area contributed by atoms with E-state index in [-0.39, 0.29) is 5.82 Å². The molecule has 0 saturated carbocycles. The SMILES string of the molecule is CC(C)COCCOCC(N)c1ccccc1F. The van der Waals surface area contributed by atoms with E-state index in [1.807, 2.05) is 0 Å². The normalized spacial score (nSPS) is 12.9. The summed E-state index contributed by atoms with van der Waals surface area (Å²) in [4.78, 5) is 0. The third-order valence-electron chi connectivity index (χ3n) is 2.43. The number of halogens is 1. The van der Waals surface area contributed by atoms with E-state index in [0.29, 0.717) is 31.3 Å². The molecule has 3 nitrogen and oxygen atoms in total. The van der Waals surface area contributed by atoms with Crippen LogP contribution in [-0.4, -0.2) is 26.4 Å². The van der Waals surface area contributed by atoms with Crippen molar-refractivity contribution in [1.82, 2.24) is 0 Å². The zero-order valence-electron chi connectivity index (χ0n) is 11.1. The molecular formula is C14H22FNO2. The van der Waals surface area contributed by atoms with Crippen LogP contribution < -0.4 is 5.73 Å². The predicted molar refractivity (Wildman–Crippen MR) is 69.8 cm³/mol. The van der Waals surface area contributed by atoms with E-state index < -0.39 is 6.04 Å². The molecule has 0 fully saturated rings. The monoisotopic (exact) mass is 255 g/mol. The molecule has 0 aliphatic rings. The van der Waals surface area contributed by atoms with E-state index >= 15 is 0 Å². The van der Waals surface area contributed by atoms with Crippen LogP contribution in [0.4, 0.5) is 4.39 Å². The first kappa shape index (κ1) is 15.1. The van der Waals surface area contributed by atoms with Gasteiger partial charge in [0.15, 0.2) is 0 Å². The van der Waals surface area contributed by atoms with E-state index in [4.69, 9.17) is 15.2 Å². The molecule has 1 unspecified atom stereocenters. The van der Waals surface area contributed by atoms with Gasteiger partial charge in [0.05, 0.1) is 25.9 Å². The molecular weight excluding hydrogens is 233 g/mol. The number of hydrogen-bond acceptors (Lipinski definition) is 3. The fourth-order valence-corrected chi connectivity index (χ4v) is 1.51. The molecule has 0 aliphatic heterocycles. The largest absolute Gasteiger partial charge is 0.379 e. The number of hydrogen-bond donors (Lipinski definition) is 1. The van der Waals surface area contributed by atoms with Crippen LogP contribution in [0, 0.1) is 11.7 Å². The molecule has 4 heteroatoms. The van der Waals surface area contributed by atoms with Gasteiger partial charge in [-0.2, -0.15) is 0 Å². The number of nitrogens with two attached hydrogens (primary N) is 1. The minimum Gasteiger partial charge on any atom is -0.379 e. The summed E-state index contributed by atoms with van der Waals surface area (Å²) in [6.45, 7) is 6.23. The smallest absolute Gasteiger partial charge is 0.128 e. The highest BCUT2D eigenvalue weighted by atomic mass is 19.1. The van der Waals surface area contributed by atoms with Gasteiger partial charge in [-0.15, -0.1) is 0 Å². The Bertz CT molecular complexity index is 344. The summed E-state index contributed by atoms with van der Waals surface area (Å²) < 4.78 is 24.1. The van der Waals surface area contributed by atoms with Crippen molar-refractivity contribution in [2.75, 3.05) is 26.4 Å². The average Bonchev–Trinajstić information content (AvgIpc) is 2.33. The molecule has 2 N–H and O–H groups in total. The highest BCUT2D eigenvalue weighted by Gasteiger charge is 2.10. The zero-order chi connectivity index (χ0) is 13.4. The summed E-state index contributed by atoms with van der Waals surface area (Å²) in [5.74, 6) is 0.232. The molecule has 0 aliphatic carbocycles. The summed E-state index contributed by atoms with van der Waals surface area (Å²) >= 11 is 0. The third-order valence-corrected chi connectivity index (χ3v) is 2.43. The molecule has 102 valence electrons. The number of rotatable bonds is 8. The minimum atomic E-state index is -0.434. The fourth-order valence-electron chi connectivity index (χ4n) is 1.51. The average molecular weight is 255 g/mol. The van der Waals surface area contributed by atoms with Crippen LogP contribution in [0.1, 0.15) is 25.5 Å². The molecule has 18 heavy (non-hydrogen) atoms. The van der Waals surface area contributed by atoms with Gasteiger partial charge in [-0.05, 0) is 12.0 Å². The Morgan fingerprint density at radius 2 is 1.72 bits per heavy atom. The Labute approximate surface area is 108 Å². The topological polar surface area (TPSA) is 44.5 Å². The lowest BCUT2D eigenvalue weighted by Crippen LogP contribution is -2.20. The van der Waals surface area contributed by atoms with Crippen LogP contribution >= 0.6 is 0 Å². The Kier molecular flexibility index (Phi) is 6.86. The maximum absolute atomic E-state index is 13.4. The zero-order valence-corrected chi connectivity index (χ0v) is 11.1. The lowest BCUT2D eigenvalue weighted by molar-refractivity contribution is 0.0331. The van der Waals surface area contributed by atoms with Crippen molar-refractivity contribution in [3.05, 3.63) is 35.6 Å². The predicted octanol–water partition coefficient (Wildman–Crippen LogP) is 2.51. The van der Waals surface area contributed by atoms with Crippen molar-refractivity contribution >= 4 is 0 Å². The quantitative estimate of drug-likeness (QED) is 0.726. The summed E-state index contributed by atoms with van der Waals surface area (Å²) in [6.07, 6.45) is 0. The highest BCUT2D eigenvalue weighted by molar-refractivity contribution is 5.20. The standard InChI is InChI=1S/C14H22FNO2/c1-11(2)9-17-7-8-18-10-14(16)12-5-3-4-6-13(12)15/h3-6,11,14H,7-10,16H2,1-2H3. The second-order valence-electron chi connectivity index (χ2n) is 4.67. The van der Waals surface area contributed by atoms with Gasteiger partial charge in [0.1, 0.15) is 5.82 Å². The van der Waals surface area contributed by atoms with Gasteiger partial charge < -0.3 is 15.2 Å². The Morgan fingerprint density at radius 1 is 1.11 bits per heavy atom. The summed E-state index contributed by atoms with van der Waals surface area (Å²) in [7, 11) is 0. The summed E-state index contributed by atoms with van der Waals surface area (Å²) in [5.41, 5.74) is 6.34. The number of ether oxygens (including phenoxy) is 2. The van der Waals surface area contributed by atoms with Crippen LogP contribution in [0.25, 0.3) is 0 Å². The van der Waals surface area contributed by atoms with Crippen molar-refractivity contribution in [3.8, 4) is 0 Å². The first-order chi connectivity index (χ1) is 8.61. The van der Waals surface area contributed by atoms with Gasteiger partial charge in [-0.3, -0.25) is 0 Å². The Hall–Kier alpha value is -0.970. The van der Waals surface area contributed by atoms with Crippen molar-refractivity contribution < 1.29 is 13.9 Å². The Morgan fingerprint density at radius 3 is 2.33 bits per heavy atom. The molecule has 1 atom stereocenters. The summed E-state index contributed by atoms with van der Waals surface area (Å²) in [5, 5.41) is 0. The molecule has 1 aromatic carbocycles. The molecule has 0 bridgehead atoms. The van der Waals surface area contributed by atoms with Gasteiger partial charge in [0, 0.05) is 12.2 Å².